The van der Waals surface area contributed by atoms with Gasteiger partial charge in [0.15, 0.2) is 0 Å². The fourth-order valence-electron chi connectivity index (χ4n) is 0.415. The molecule has 9 heteroatoms. The quantitative estimate of drug-likeness (QED) is 0.238. The van der Waals surface area contributed by atoms with Gasteiger partial charge in [-0.25, -0.2) is 0 Å². The number of rotatable bonds is 5. The molecule has 0 unspecified atom stereocenters. The summed E-state index contributed by atoms with van der Waals surface area (Å²) in [6.45, 7) is 12.4. The average Bonchev–Trinajstić information content (AvgIpc) is 2.29. The minimum absolute atomic E-state index is 0. The van der Waals surface area contributed by atoms with Crippen LogP contribution in [0, 0.1) is 0 Å². The molecule has 0 aromatic rings. The van der Waals surface area contributed by atoms with Crippen molar-refractivity contribution in [2.75, 3.05) is 6.61 Å². The molecule has 23 heavy (non-hydrogen) atoms. The molecular weight excluding hydrogens is 360 g/mol. The van der Waals surface area contributed by atoms with Crippen molar-refractivity contribution >= 4 is 23.7 Å². The monoisotopic (exact) mass is 381 g/mol. The summed E-state index contributed by atoms with van der Waals surface area (Å²) < 4.78 is 4.49. The van der Waals surface area contributed by atoms with Crippen molar-refractivity contribution in [1.82, 2.24) is 0 Å². The average molecular weight is 382 g/mol. The van der Waals surface area contributed by atoms with E-state index in [1.807, 2.05) is 0 Å². The molecule has 0 bridgehead atoms. The van der Waals surface area contributed by atoms with Crippen molar-refractivity contribution in [2.45, 2.75) is 34.1 Å². The van der Waals surface area contributed by atoms with E-state index in [1.54, 1.807) is 6.92 Å². The first-order chi connectivity index (χ1) is 9.45. The Morgan fingerprint density at radius 1 is 0.913 bits per heavy atom. The number of aliphatic carboxylic acids is 2. The Morgan fingerprint density at radius 2 is 1.17 bits per heavy atom. The maximum Gasteiger partial charge on any atom is 2.00 e. The van der Waals surface area contributed by atoms with Gasteiger partial charge in [0.1, 0.15) is 12.2 Å². The molecule has 2 N–H and O–H groups in total. The van der Waals surface area contributed by atoms with Crippen molar-refractivity contribution in [3.8, 4) is 0 Å². The van der Waals surface area contributed by atoms with Crippen LogP contribution in [0.1, 0.15) is 34.1 Å². The Bertz CT molecular complexity index is 367. The molecule has 0 aliphatic carbocycles. The van der Waals surface area contributed by atoms with Gasteiger partial charge in [-0.05, 0) is 38.8 Å². The van der Waals surface area contributed by atoms with Gasteiger partial charge in [0.2, 0.25) is 0 Å². The van der Waals surface area contributed by atoms with Crippen LogP contribution >= 0.6 is 0 Å². The first kappa shape index (κ1) is 32.8. The molecule has 0 heterocycles. The number of hydrogen-bond acceptors (Lipinski definition) is 7. The van der Waals surface area contributed by atoms with Crippen LogP contribution in [-0.4, -0.2) is 35.8 Å². The molecule has 0 spiro atoms. The Labute approximate surface area is 146 Å². The Morgan fingerprint density at radius 3 is 1.30 bits per heavy atom. The number of carbonyl (C=O) groups excluding carboxylic acids is 4. The van der Waals surface area contributed by atoms with Crippen LogP contribution in [0.2, 0.25) is 0 Å². The summed E-state index contributed by atoms with van der Waals surface area (Å²) in [5.41, 5.74) is 0.130. The third-order valence-corrected chi connectivity index (χ3v) is 1.40. The van der Waals surface area contributed by atoms with Gasteiger partial charge in [-0.15, -0.1) is 0 Å². The molecule has 0 aliphatic rings. The van der Waals surface area contributed by atoms with Crippen molar-refractivity contribution in [1.29, 1.82) is 0 Å². The Balaban J connectivity index is -0.0000000696. The molecule has 0 atom stereocenters. The summed E-state index contributed by atoms with van der Waals surface area (Å²) >= 11 is 0. The van der Waals surface area contributed by atoms with Crippen LogP contribution in [0.15, 0.2) is 24.3 Å². The number of ether oxygens (including phenoxy) is 1. The molecule has 0 saturated carbocycles. The van der Waals surface area contributed by atoms with Gasteiger partial charge in [0.05, 0.1) is 18.5 Å². The minimum atomic E-state index is -1.19. The van der Waals surface area contributed by atoms with E-state index in [0.717, 1.165) is 0 Å². The molecule has 1 radical (unpaired) electrons. The first-order valence-electron chi connectivity index (χ1n) is 5.84. The normalized spacial score (nSPS) is 7.30. The molecule has 0 amide bonds. The summed E-state index contributed by atoms with van der Waals surface area (Å²) in [5, 5.41) is 19.0. The SMILES string of the molecule is C=C(C)C(=O)[O-].C=C(C)C(=O)[O-].CCOC(=O)CC(C)=O.O.[Cu+2]. The van der Waals surface area contributed by atoms with Crippen molar-refractivity contribution in [3.05, 3.63) is 24.3 Å². The number of hydrogen-bond donors (Lipinski definition) is 0. The van der Waals surface area contributed by atoms with Crippen LogP contribution in [0.3, 0.4) is 0 Å². The number of ketones is 1. The van der Waals surface area contributed by atoms with Gasteiger partial charge in [-0.2, -0.15) is 0 Å². The maximum atomic E-state index is 10.4. The predicted molar refractivity (Wildman–Crippen MR) is 75.2 cm³/mol. The van der Waals surface area contributed by atoms with Crippen molar-refractivity contribution in [2.24, 2.45) is 0 Å². The van der Waals surface area contributed by atoms with Crippen LogP contribution in [0.4, 0.5) is 0 Å². The second-order valence-electron chi connectivity index (χ2n) is 3.82. The van der Waals surface area contributed by atoms with E-state index in [4.69, 9.17) is 0 Å². The van der Waals surface area contributed by atoms with E-state index >= 15 is 0 Å². The molecule has 0 rings (SSSR count). The number of carboxylic acids is 2. The van der Waals surface area contributed by atoms with Crippen LogP contribution in [-0.2, 0) is 41.0 Å². The van der Waals surface area contributed by atoms with Crippen molar-refractivity contribution < 1.29 is 56.7 Å². The van der Waals surface area contributed by atoms with E-state index in [0.29, 0.717) is 6.61 Å². The van der Waals surface area contributed by atoms with Gasteiger partial charge in [0, 0.05) is 0 Å². The maximum absolute atomic E-state index is 10.4. The standard InChI is InChI=1S/C6H10O3.2C4H6O2.Cu.H2O/c1-3-9-6(8)4-5(2)7;2*1-3(2)4(5)6;;/h3-4H2,1-2H3;2*1H2,2H3,(H,5,6);;1H2/q;;;+2;/p-2. The Kier molecular flexibility index (Phi) is 28.6. The third-order valence-electron chi connectivity index (χ3n) is 1.40. The summed E-state index contributed by atoms with van der Waals surface area (Å²) in [5.74, 6) is -2.97. The zero-order chi connectivity index (χ0) is 17.6. The van der Waals surface area contributed by atoms with E-state index in [2.05, 4.69) is 17.9 Å². The minimum Gasteiger partial charge on any atom is -0.545 e. The molecule has 0 aromatic heterocycles. The summed E-state index contributed by atoms with van der Waals surface area (Å²) in [4.78, 5) is 39.6. The predicted octanol–water partition coefficient (Wildman–Crippen LogP) is -1.67. The molecular formula is C14H22CuO8. The van der Waals surface area contributed by atoms with Gasteiger partial charge < -0.3 is 30.0 Å². The van der Waals surface area contributed by atoms with E-state index in [1.165, 1.54) is 20.8 Å². The second-order valence-corrected chi connectivity index (χ2v) is 3.82. The number of Topliss-reactive ketones (excluding diaryl/α,β-unsaturated/α-hetero) is 1. The van der Waals surface area contributed by atoms with Gasteiger partial charge in [-0.1, -0.05) is 13.2 Å². The van der Waals surface area contributed by atoms with Crippen LogP contribution < -0.4 is 10.2 Å². The van der Waals surface area contributed by atoms with Crippen LogP contribution in [0.25, 0.3) is 0 Å². The van der Waals surface area contributed by atoms with E-state index in [-0.39, 0.29) is 45.9 Å². The second kappa shape index (κ2) is 20.0. The molecule has 137 valence electrons. The van der Waals surface area contributed by atoms with Gasteiger partial charge in [-0.3, -0.25) is 9.59 Å². The van der Waals surface area contributed by atoms with Gasteiger partial charge >= 0.3 is 23.0 Å². The molecule has 0 aliphatic heterocycles. The fourth-order valence-corrected chi connectivity index (χ4v) is 0.415. The summed E-state index contributed by atoms with van der Waals surface area (Å²) in [6.07, 6.45) is -0.103. The smallest absolute Gasteiger partial charge is 0.545 e. The topological polar surface area (TPSA) is 155 Å². The molecule has 0 aromatic carbocycles. The van der Waals surface area contributed by atoms with E-state index < -0.39 is 17.9 Å². The third kappa shape index (κ3) is 38.4. The number of esters is 1. The molecule has 8 nitrogen and oxygen atoms in total. The summed E-state index contributed by atoms with van der Waals surface area (Å²) in [6, 6.07) is 0. The Hall–Kier alpha value is -1.96. The fraction of sp³-hybridized carbons (Fsp3) is 0.429. The zero-order valence-corrected chi connectivity index (χ0v) is 14.4. The summed E-state index contributed by atoms with van der Waals surface area (Å²) in [7, 11) is 0. The first-order valence-corrected chi connectivity index (χ1v) is 5.84. The molecule has 0 saturated heterocycles. The zero-order valence-electron chi connectivity index (χ0n) is 13.5. The van der Waals surface area contributed by atoms with Crippen molar-refractivity contribution in [3.63, 3.8) is 0 Å². The van der Waals surface area contributed by atoms with Gasteiger partial charge in [0.25, 0.3) is 0 Å². The number of carbonyl (C=O) groups is 4. The van der Waals surface area contributed by atoms with E-state index in [9.17, 15) is 29.4 Å². The molecule has 0 fully saturated rings. The largest absolute Gasteiger partial charge is 2.00 e. The number of carboxylic acid groups (broad SMARTS) is 2. The van der Waals surface area contributed by atoms with Crippen LogP contribution in [0.5, 0.6) is 0 Å².